The van der Waals surface area contributed by atoms with Crippen molar-refractivity contribution in [2.75, 3.05) is 19.6 Å². The summed E-state index contributed by atoms with van der Waals surface area (Å²) in [7, 11) is 0. The lowest BCUT2D eigenvalue weighted by Gasteiger charge is -2.35. The smallest absolute Gasteiger partial charge is 0.251 e. The predicted octanol–water partition coefficient (Wildman–Crippen LogP) is 2.68. The normalized spacial score (nSPS) is 18.0. The molecule has 0 aromatic heterocycles. The van der Waals surface area contributed by atoms with Crippen LogP contribution in [0.3, 0.4) is 0 Å². The number of benzene rings is 2. The van der Waals surface area contributed by atoms with Gasteiger partial charge < -0.3 is 15.5 Å². The second-order valence-corrected chi connectivity index (χ2v) is 7.15. The number of aryl methyl sites for hydroxylation is 1. The Kier molecular flexibility index (Phi) is 6.24. The standard InChI is InChI=1S/C22H27N3O2/c1-16-8-10-19(11-9-16)22(27)24-20(18-6-4-3-5-7-18)14-21(26)25-13-12-23-15-17(25)2/h3-11,17,20,23H,12-15H2,1-2H3,(H,24,27). The van der Waals surface area contributed by atoms with E-state index in [0.717, 1.165) is 24.2 Å². The van der Waals surface area contributed by atoms with Crippen LogP contribution >= 0.6 is 0 Å². The van der Waals surface area contributed by atoms with E-state index in [0.29, 0.717) is 12.1 Å². The Bertz CT molecular complexity index is 774. The van der Waals surface area contributed by atoms with Crippen LogP contribution in [0.1, 0.15) is 40.9 Å². The van der Waals surface area contributed by atoms with Gasteiger partial charge in [-0.15, -0.1) is 0 Å². The number of nitrogens with one attached hydrogen (secondary N) is 2. The van der Waals surface area contributed by atoms with Crippen LogP contribution < -0.4 is 10.6 Å². The SMILES string of the molecule is Cc1ccc(C(=O)NC(CC(=O)N2CCNCC2C)c2ccccc2)cc1. The van der Waals surface area contributed by atoms with Gasteiger partial charge in [0.25, 0.3) is 5.91 Å². The summed E-state index contributed by atoms with van der Waals surface area (Å²) in [6.45, 7) is 6.35. The molecule has 2 aromatic carbocycles. The molecule has 2 amide bonds. The van der Waals surface area contributed by atoms with Crippen molar-refractivity contribution in [1.82, 2.24) is 15.5 Å². The van der Waals surface area contributed by atoms with Crippen LogP contribution in [0.15, 0.2) is 54.6 Å². The number of amides is 2. The first-order valence-corrected chi connectivity index (χ1v) is 9.47. The lowest BCUT2D eigenvalue weighted by molar-refractivity contribution is -0.134. The number of carbonyl (C=O) groups excluding carboxylic acids is 2. The molecule has 0 spiro atoms. The highest BCUT2D eigenvalue weighted by Gasteiger charge is 2.27. The second kappa shape index (κ2) is 8.82. The molecule has 2 aromatic rings. The average Bonchev–Trinajstić information content (AvgIpc) is 2.69. The van der Waals surface area contributed by atoms with Gasteiger partial charge in [0.1, 0.15) is 0 Å². The Labute approximate surface area is 160 Å². The van der Waals surface area contributed by atoms with Gasteiger partial charge in [-0.3, -0.25) is 9.59 Å². The molecule has 1 aliphatic heterocycles. The molecule has 5 nitrogen and oxygen atoms in total. The molecule has 0 radical (unpaired) electrons. The van der Waals surface area contributed by atoms with Crippen LogP contribution in [0.25, 0.3) is 0 Å². The number of rotatable bonds is 5. The predicted molar refractivity (Wildman–Crippen MR) is 106 cm³/mol. The molecule has 0 bridgehead atoms. The molecule has 5 heteroatoms. The number of piperazine rings is 1. The molecule has 2 N–H and O–H groups in total. The van der Waals surface area contributed by atoms with Gasteiger partial charge in [-0.1, -0.05) is 48.0 Å². The zero-order valence-electron chi connectivity index (χ0n) is 15.9. The molecular weight excluding hydrogens is 338 g/mol. The largest absolute Gasteiger partial charge is 0.345 e. The van der Waals surface area contributed by atoms with Crippen molar-refractivity contribution in [3.63, 3.8) is 0 Å². The lowest BCUT2D eigenvalue weighted by Crippen LogP contribution is -2.52. The lowest BCUT2D eigenvalue weighted by atomic mass is 10.0. The summed E-state index contributed by atoms with van der Waals surface area (Å²) in [6, 6.07) is 17.0. The minimum atomic E-state index is -0.352. The first kappa shape index (κ1) is 19.1. The van der Waals surface area contributed by atoms with E-state index in [1.165, 1.54) is 0 Å². The molecule has 0 aliphatic carbocycles. The molecule has 2 unspecified atom stereocenters. The van der Waals surface area contributed by atoms with Crippen LogP contribution in [0.4, 0.5) is 0 Å². The minimum absolute atomic E-state index is 0.0714. The summed E-state index contributed by atoms with van der Waals surface area (Å²) in [5.41, 5.74) is 2.65. The monoisotopic (exact) mass is 365 g/mol. The van der Waals surface area contributed by atoms with Gasteiger partial charge in [-0.2, -0.15) is 0 Å². The number of hydrogen-bond donors (Lipinski definition) is 2. The Balaban J connectivity index is 1.76. The highest BCUT2D eigenvalue weighted by molar-refractivity contribution is 5.94. The molecule has 142 valence electrons. The second-order valence-electron chi connectivity index (χ2n) is 7.15. The molecule has 27 heavy (non-hydrogen) atoms. The van der Waals surface area contributed by atoms with E-state index in [1.807, 2.05) is 73.3 Å². The number of hydrogen-bond acceptors (Lipinski definition) is 3. The van der Waals surface area contributed by atoms with Gasteiger partial charge in [-0.25, -0.2) is 0 Å². The molecule has 0 saturated carbocycles. The highest BCUT2D eigenvalue weighted by Crippen LogP contribution is 2.20. The summed E-state index contributed by atoms with van der Waals surface area (Å²) < 4.78 is 0. The summed E-state index contributed by atoms with van der Waals surface area (Å²) in [5, 5.41) is 6.35. The first-order valence-electron chi connectivity index (χ1n) is 9.47. The molecular formula is C22H27N3O2. The summed E-state index contributed by atoms with van der Waals surface area (Å²) in [4.78, 5) is 27.5. The van der Waals surface area contributed by atoms with E-state index in [1.54, 1.807) is 0 Å². The maximum atomic E-state index is 12.9. The van der Waals surface area contributed by atoms with Crippen LogP contribution in [0, 0.1) is 6.92 Å². The molecule has 3 rings (SSSR count). The number of nitrogens with zero attached hydrogens (tertiary/aromatic N) is 1. The van der Waals surface area contributed by atoms with E-state index in [9.17, 15) is 9.59 Å². The molecule has 1 aliphatic rings. The van der Waals surface area contributed by atoms with Gasteiger partial charge in [0, 0.05) is 31.2 Å². The topological polar surface area (TPSA) is 61.4 Å². The van der Waals surface area contributed by atoms with Crippen molar-refractivity contribution >= 4 is 11.8 Å². The van der Waals surface area contributed by atoms with Crippen LogP contribution in [0.2, 0.25) is 0 Å². The van der Waals surface area contributed by atoms with Crippen molar-refractivity contribution in [3.8, 4) is 0 Å². The van der Waals surface area contributed by atoms with Gasteiger partial charge in [0.05, 0.1) is 12.5 Å². The minimum Gasteiger partial charge on any atom is -0.345 e. The zero-order valence-corrected chi connectivity index (χ0v) is 15.9. The van der Waals surface area contributed by atoms with E-state index < -0.39 is 0 Å². The van der Waals surface area contributed by atoms with Gasteiger partial charge in [0.15, 0.2) is 0 Å². The van der Waals surface area contributed by atoms with Crippen LogP contribution in [-0.4, -0.2) is 42.4 Å². The maximum absolute atomic E-state index is 12.9. The van der Waals surface area contributed by atoms with Crippen molar-refractivity contribution in [2.24, 2.45) is 0 Å². The molecule has 1 fully saturated rings. The van der Waals surface area contributed by atoms with Crippen molar-refractivity contribution in [1.29, 1.82) is 0 Å². The first-order chi connectivity index (χ1) is 13.0. The third-order valence-corrected chi connectivity index (χ3v) is 5.02. The van der Waals surface area contributed by atoms with Crippen LogP contribution in [0.5, 0.6) is 0 Å². The summed E-state index contributed by atoms with van der Waals surface area (Å²) >= 11 is 0. The fourth-order valence-corrected chi connectivity index (χ4v) is 3.39. The molecule has 2 atom stereocenters. The van der Waals surface area contributed by atoms with E-state index >= 15 is 0 Å². The van der Waals surface area contributed by atoms with Crippen molar-refractivity contribution in [2.45, 2.75) is 32.4 Å². The molecule has 1 saturated heterocycles. The Morgan fingerprint density at radius 1 is 1.15 bits per heavy atom. The van der Waals surface area contributed by atoms with E-state index in [-0.39, 0.29) is 30.3 Å². The fraction of sp³-hybridized carbons (Fsp3) is 0.364. The summed E-state index contributed by atoms with van der Waals surface area (Å²) in [5.74, 6) is -0.0907. The Morgan fingerprint density at radius 2 is 1.85 bits per heavy atom. The van der Waals surface area contributed by atoms with Gasteiger partial charge in [0.2, 0.25) is 5.91 Å². The Morgan fingerprint density at radius 3 is 2.52 bits per heavy atom. The van der Waals surface area contributed by atoms with Crippen molar-refractivity contribution < 1.29 is 9.59 Å². The number of carbonyl (C=O) groups is 2. The highest BCUT2D eigenvalue weighted by atomic mass is 16.2. The zero-order chi connectivity index (χ0) is 19.2. The fourth-order valence-electron chi connectivity index (χ4n) is 3.39. The van der Waals surface area contributed by atoms with Gasteiger partial charge >= 0.3 is 0 Å². The third-order valence-electron chi connectivity index (χ3n) is 5.02. The Hall–Kier alpha value is -2.66. The van der Waals surface area contributed by atoms with Crippen LogP contribution in [-0.2, 0) is 4.79 Å². The summed E-state index contributed by atoms with van der Waals surface area (Å²) in [6.07, 6.45) is 0.256. The van der Waals surface area contributed by atoms with Gasteiger partial charge in [-0.05, 0) is 31.5 Å². The quantitative estimate of drug-likeness (QED) is 0.856. The third kappa shape index (κ3) is 4.95. The van der Waals surface area contributed by atoms with E-state index in [2.05, 4.69) is 10.6 Å². The molecule has 1 heterocycles. The average molecular weight is 365 g/mol. The van der Waals surface area contributed by atoms with E-state index in [4.69, 9.17) is 0 Å². The maximum Gasteiger partial charge on any atom is 0.251 e. The van der Waals surface area contributed by atoms with Crippen molar-refractivity contribution in [3.05, 3.63) is 71.3 Å².